The van der Waals surface area contributed by atoms with Gasteiger partial charge < -0.3 is 9.47 Å². The number of alkyl halides is 1. The molecule has 0 saturated carbocycles. The lowest BCUT2D eigenvalue weighted by atomic mass is 10.0. The van der Waals surface area contributed by atoms with Gasteiger partial charge in [-0.15, -0.1) is 11.6 Å². The van der Waals surface area contributed by atoms with Crippen LogP contribution in [0.15, 0.2) is 30.3 Å². The van der Waals surface area contributed by atoms with Gasteiger partial charge in [0.15, 0.2) is 0 Å². The van der Waals surface area contributed by atoms with Gasteiger partial charge in [-0.05, 0) is 36.8 Å². The van der Waals surface area contributed by atoms with Gasteiger partial charge in [0, 0.05) is 16.7 Å². The lowest BCUT2D eigenvalue weighted by Gasteiger charge is -2.19. The Hall–Kier alpha value is -1.41. The number of halogens is 1. The van der Waals surface area contributed by atoms with Crippen LogP contribution in [0.3, 0.4) is 0 Å². The molecule has 2 aromatic carbocycles. The van der Waals surface area contributed by atoms with E-state index in [9.17, 15) is 0 Å². The van der Waals surface area contributed by atoms with Gasteiger partial charge in [0.25, 0.3) is 0 Å². The molecule has 0 bridgehead atoms. The average Bonchev–Trinajstić information content (AvgIpc) is 2.76. The monoisotopic (exact) mass is 418 g/mol. The van der Waals surface area contributed by atoms with Crippen molar-refractivity contribution in [3.8, 4) is 11.5 Å². The van der Waals surface area contributed by atoms with Gasteiger partial charge in [-0.25, -0.2) is 0 Å². The Morgan fingerprint density at radius 3 is 2.31 bits per heavy atom. The minimum absolute atomic E-state index is 0.500. The fraction of sp³-hybridized carbons (Fsp3) is 0.615. The first-order chi connectivity index (χ1) is 14.2. The van der Waals surface area contributed by atoms with Crippen LogP contribution in [0, 0.1) is 5.92 Å². The summed E-state index contributed by atoms with van der Waals surface area (Å²) in [6, 6.07) is 10.7. The standard InChI is InChI=1S/C26H39ClO2/c1-4-7-8-9-10-13-18-28-26-22(6-3)19-25(23-14-11-12-15-24(23)26)29-20-21(5-2)16-17-27/h11-12,14-15,19,21H,4-10,13,16-18,20H2,1-3H3. The number of rotatable bonds is 15. The van der Waals surface area contributed by atoms with Crippen LogP contribution in [0.4, 0.5) is 0 Å². The minimum atomic E-state index is 0.500. The summed E-state index contributed by atoms with van der Waals surface area (Å²) in [6.45, 7) is 8.16. The summed E-state index contributed by atoms with van der Waals surface area (Å²) in [4.78, 5) is 0. The Labute approximate surface area is 182 Å². The molecule has 0 amide bonds. The second-order valence-corrected chi connectivity index (χ2v) is 8.32. The van der Waals surface area contributed by atoms with Crippen LogP contribution in [0.25, 0.3) is 10.8 Å². The minimum Gasteiger partial charge on any atom is -0.493 e. The lowest BCUT2D eigenvalue weighted by molar-refractivity contribution is 0.243. The molecule has 0 heterocycles. The van der Waals surface area contributed by atoms with Crippen molar-refractivity contribution < 1.29 is 9.47 Å². The highest BCUT2D eigenvalue weighted by molar-refractivity contribution is 6.17. The van der Waals surface area contributed by atoms with Crippen molar-refractivity contribution in [2.45, 2.75) is 78.6 Å². The van der Waals surface area contributed by atoms with Crippen molar-refractivity contribution >= 4 is 22.4 Å². The fourth-order valence-corrected chi connectivity index (χ4v) is 4.06. The third kappa shape index (κ3) is 7.41. The summed E-state index contributed by atoms with van der Waals surface area (Å²) in [5, 5.41) is 2.31. The van der Waals surface area contributed by atoms with Crippen LogP contribution in [0.5, 0.6) is 11.5 Å². The SMILES string of the molecule is CCCCCCCCOc1c(CC)cc(OCC(CC)CCCl)c2ccccc12. The topological polar surface area (TPSA) is 18.5 Å². The highest BCUT2D eigenvalue weighted by Gasteiger charge is 2.15. The quantitative estimate of drug-likeness (QED) is 0.214. The summed E-state index contributed by atoms with van der Waals surface area (Å²) >= 11 is 5.94. The van der Waals surface area contributed by atoms with E-state index in [1.807, 2.05) is 0 Å². The van der Waals surface area contributed by atoms with Crippen LogP contribution >= 0.6 is 11.6 Å². The number of hydrogen-bond acceptors (Lipinski definition) is 2. The summed E-state index contributed by atoms with van der Waals surface area (Å²) in [6.07, 6.45) is 10.7. The van der Waals surface area contributed by atoms with Crippen LogP contribution in [0.2, 0.25) is 0 Å². The van der Waals surface area contributed by atoms with E-state index in [4.69, 9.17) is 21.1 Å². The first-order valence-corrected chi connectivity index (χ1v) is 12.1. The predicted molar refractivity (Wildman–Crippen MR) is 127 cm³/mol. The smallest absolute Gasteiger partial charge is 0.130 e. The van der Waals surface area contributed by atoms with Crippen LogP contribution in [0.1, 0.15) is 77.7 Å². The third-order valence-electron chi connectivity index (χ3n) is 5.73. The molecular formula is C26H39ClO2. The van der Waals surface area contributed by atoms with E-state index in [2.05, 4.69) is 51.1 Å². The molecule has 3 heteroatoms. The molecule has 0 N–H and O–H groups in total. The van der Waals surface area contributed by atoms with Crippen molar-refractivity contribution in [3.05, 3.63) is 35.9 Å². The number of unbranched alkanes of at least 4 members (excludes halogenated alkanes) is 5. The van der Waals surface area contributed by atoms with Crippen LogP contribution in [-0.4, -0.2) is 19.1 Å². The fourth-order valence-electron chi connectivity index (χ4n) is 3.75. The van der Waals surface area contributed by atoms with Gasteiger partial charge >= 0.3 is 0 Å². The Morgan fingerprint density at radius 1 is 0.897 bits per heavy atom. The maximum absolute atomic E-state index is 6.32. The second-order valence-electron chi connectivity index (χ2n) is 7.94. The van der Waals surface area contributed by atoms with Crippen molar-refractivity contribution in [3.63, 3.8) is 0 Å². The normalized spacial score (nSPS) is 12.3. The molecule has 2 rings (SSSR count). The molecule has 1 atom stereocenters. The number of benzene rings is 2. The average molecular weight is 419 g/mol. The number of fused-ring (bicyclic) bond motifs is 1. The molecule has 0 aliphatic heterocycles. The summed E-state index contributed by atoms with van der Waals surface area (Å²) in [7, 11) is 0. The van der Waals surface area contributed by atoms with E-state index in [0.717, 1.165) is 49.2 Å². The summed E-state index contributed by atoms with van der Waals surface area (Å²) in [5.41, 5.74) is 1.23. The summed E-state index contributed by atoms with van der Waals surface area (Å²) < 4.78 is 12.6. The van der Waals surface area contributed by atoms with Gasteiger partial charge in [-0.3, -0.25) is 0 Å². The highest BCUT2D eigenvalue weighted by atomic mass is 35.5. The van der Waals surface area contributed by atoms with Gasteiger partial charge in [-0.2, -0.15) is 0 Å². The molecule has 1 unspecified atom stereocenters. The molecular weight excluding hydrogens is 380 g/mol. The number of hydrogen-bond donors (Lipinski definition) is 0. The van der Waals surface area contributed by atoms with E-state index < -0.39 is 0 Å². The highest BCUT2D eigenvalue weighted by Crippen LogP contribution is 2.37. The maximum atomic E-state index is 6.32. The Balaban J connectivity index is 2.11. The van der Waals surface area contributed by atoms with Crippen LogP contribution < -0.4 is 9.47 Å². The van der Waals surface area contributed by atoms with Crippen molar-refractivity contribution in [2.24, 2.45) is 5.92 Å². The largest absolute Gasteiger partial charge is 0.493 e. The Kier molecular flexibility index (Phi) is 11.3. The van der Waals surface area contributed by atoms with Gasteiger partial charge in [-0.1, -0.05) is 83.6 Å². The van der Waals surface area contributed by atoms with Crippen LogP contribution in [-0.2, 0) is 6.42 Å². The first-order valence-electron chi connectivity index (χ1n) is 11.6. The maximum Gasteiger partial charge on any atom is 0.130 e. The first kappa shape index (κ1) is 23.9. The Bertz CT molecular complexity index is 713. The molecule has 0 saturated heterocycles. The van der Waals surface area contributed by atoms with E-state index >= 15 is 0 Å². The van der Waals surface area contributed by atoms with Crippen molar-refractivity contribution in [1.82, 2.24) is 0 Å². The number of aryl methyl sites for hydroxylation is 1. The molecule has 29 heavy (non-hydrogen) atoms. The van der Waals surface area contributed by atoms with Gasteiger partial charge in [0.05, 0.1) is 13.2 Å². The molecule has 0 aliphatic rings. The van der Waals surface area contributed by atoms with E-state index in [-0.39, 0.29) is 0 Å². The predicted octanol–water partition coefficient (Wildman–Crippen LogP) is 8.18. The molecule has 162 valence electrons. The van der Waals surface area contributed by atoms with Gasteiger partial charge in [0.1, 0.15) is 11.5 Å². The molecule has 0 spiro atoms. The summed E-state index contributed by atoms with van der Waals surface area (Å²) in [5.74, 6) is 3.20. The van der Waals surface area contributed by atoms with Crippen molar-refractivity contribution in [1.29, 1.82) is 0 Å². The van der Waals surface area contributed by atoms with E-state index in [1.165, 1.54) is 43.1 Å². The molecule has 0 aliphatic carbocycles. The molecule has 2 nitrogen and oxygen atoms in total. The zero-order chi connectivity index (χ0) is 20.9. The zero-order valence-corrected chi connectivity index (χ0v) is 19.4. The molecule has 2 aromatic rings. The molecule has 0 radical (unpaired) electrons. The zero-order valence-electron chi connectivity index (χ0n) is 18.6. The molecule has 0 aromatic heterocycles. The van der Waals surface area contributed by atoms with E-state index in [1.54, 1.807) is 0 Å². The lowest BCUT2D eigenvalue weighted by Crippen LogP contribution is -2.12. The number of ether oxygens (including phenoxy) is 2. The Morgan fingerprint density at radius 2 is 1.62 bits per heavy atom. The van der Waals surface area contributed by atoms with Crippen molar-refractivity contribution in [2.75, 3.05) is 19.1 Å². The van der Waals surface area contributed by atoms with E-state index in [0.29, 0.717) is 18.4 Å². The van der Waals surface area contributed by atoms with Gasteiger partial charge in [0.2, 0.25) is 0 Å². The third-order valence-corrected chi connectivity index (χ3v) is 5.95. The molecule has 0 fully saturated rings. The second kappa shape index (κ2) is 13.7.